The zero-order valence-corrected chi connectivity index (χ0v) is 10.2. The van der Waals surface area contributed by atoms with Crippen LogP contribution in [0, 0.1) is 0 Å². The van der Waals surface area contributed by atoms with Crippen molar-refractivity contribution >= 4 is 25.0 Å². The maximum Gasteiger partial charge on any atom is 0.519 e. The first-order valence-electron chi connectivity index (χ1n) is 4.19. The fraction of sp³-hybridized carbons (Fsp3) is 0.625. The van der Waals surface area contributed by atoms with Gasteiger partial charge in [-0.05, 0) is 37.1 Å². The SMILES string of the molecule is C/C=C(\C)CNC(=O)SC(C)[P+](=O)O. The van der Waals surface area contributed by atoms with E-state index in [0.717, 1.165) is 17.3 Å². The third-order valence-corrected chi connectivity index (χ3v) is 3.77. The molecule has 2 unspecified atom stereocenters. The van der Waals surface area contributed by atoms with Crippen LogP contribution >= 0.6 is 19.8 Å². The number of amides is 1. The third kappa shape index (κ3) is 6.13. The summed E-state index contributed by atoms with van der Waals surface area (Å²) >= 11 is 0.849. The molecular weight excluding hydrogens is 221 g/mol. The average Bonchev–Trinajstić information content (AvgIpc) is 2.13. The summed E-state index contributed by atoms with van der Waals surface area (Å²) in [6, 6.07) is 0. The van der Waals surface area contributed by atoms with Gasteiger partial charge in [-0.15, -0.1) is 0 Å². The Morgan fingerprint density at radius 3 is 2.71 bits per heavy atom. The molecule has 0 aliphatic heterocycles. The van der Waals surface area contributed by atoms with Crippen molar-refractivity contribution in [2.75, 3.05) is 6.54 Å². The van der Waals surface area contributed by atoms with Crippen molar-refractivity contribution in [1.82, 2.24) is 5.32 Å². The molecule has 0 saturated heterocycles. The minimum Gasteiger partial charge on any atom is -0.343 e. The lowest BCUT2D eigenvalue weighted by molar-refractivity contribution is 0.261. The number of carbonyl (C=O) groups is 1. The maximum atomic E-state index is 11.2. The normalized spacial score (nSPS) is 14.9. The molecule has 0 radical (unpaired) electrons. The Kier molecular flexibility index (Phi) is 6.79. The maximum absolute atomic E-state index is 11.2. The van der Waals surface area contributed by atoms with Gasteiger partial charge in [0.05, 0.1) is 0 Å². The van der Waals surface area contributed by atoms with Crippen LogP contribution in [0.2, 0.25) is 0 Å². The molecule has 0 aliphatic carbocycles. The molecule has 0 heterocycles. The van der Waals surface area contributed by atoms with Crippen LogP contribution in [-0.2, 0) is 4.57 Å². The van der Waals surface area contributed by atoms with Gasteiger partial charge in [-0.3, -0.25) is 4.79 Å². The van der Waals surface area contributed by atoms with E-state index in [1.54, 1.807) is 6.92 Å². The minimum atomic E-state index is -2.29. The zero-order chi connectivity index (χ0) is 11.1. The molecule has 0 rings (SSSR count). The zero-order valence-electron chi connectivity index (χ0n) is 8.48. The van der Waals surface area contributed by atoms with E-state index in [9.17, 15) is 9.36 Å². The van der Waals surface area contributed by atoms with Crippen molar-refractivity contribution in [2.45, 2.75) is 25.8 Å². The van der Waals surface area contributed by atoms with E-state index in [1.165, 1.54) is 0 Å². The Labute approximate surface area is 89.0 Å². The van der Waals surface area contributed by atoms with Crippen LogP contribution in [-0.4, -0.2) is 21.7 Å². The molecule has 0 aromatic carbocycles. The van der Waals surface area contributed by atoms with Crippen LogP contribution in [0.1, 0.15) is 20.8 Å². The fourth-order valence-corrected chi connectivity index (χ4v) is 1.67. The molecule has 0 spiro atoms. The lowest BCUT2D eigenvalue weighted by Gasteiger charge is -2.03. The fourth-order valence-electron chi connectivity index (χ4n) is 0.555. The highest BCUT2D eigenvalue weighted by Gasteiger charge is 2.26. The number of nitrogens with one attached hydrogen (secondary N) is 1. The summed E-state index contributed by atoms with van der Waals surface area (Å²) in [4.78, 5) is 19.3. The summed E-state index contributed by atoms with van der Waals surface area (Å²) in [6.07, 6.45) is 1.90. The van der Waals surface area contributed by atoms with Crippen molar-refractivity contribution < 1.29 is 14.3 Å². The number of allylic oxidation sites excluding steroid dienone is 1. The van der Waals surface area contributed by atoms with Gasteiger partial charge in [-0.25, -0.2) is 0 Å². The summed E-state index contributed by atoms with van der Waals surface area (Å²) in [5.41, 5.74) is 1.06. The Hall–Kier alpha value is -0.380. The van der Waals surface area contributed by atoms with E-state index in [4.69, 9.17) is 4.89 Å². The first-order valence-corrected chi connectivity index (χ1v) is 6.35. The van der Waals surface area contributed by atoms with Crippen LogP contribution in [0.3, 0.4) is 0 Å². The second-order valence-corrected chi connectivity index (χ2v) is 5.84. The lowest BCUT2D eigenvalue weighted by Crippen LogP contribution is -2.21. The van der Waals surface area contributed by atoms with Crippen molar-refractivity contribution in [3.63, 3.8) is 0 Å². The number of rotatable bonds is 4. The van der Waals surface area contributed by atoms with Crippen LogP contribution in [0.4, 0.5) is 4.79 Å². The van der Waals surface area contributed by atoms with Gasteiger partial charge in [-0.2, -0.15) is 4.89 Å². The van der Waals surface area contributed by atoms with Crippen LogP contribution < -0.4 is 5.32 Å². The molecule has 80 valence electrons. The summed E-state index contributed by atoms with van der Waals surface area (Å²) in [6.45, 7) is 5.82. The van der Waals surface area contributed by atoms with Crippen molar-refractivity contribution in [1.29, 1.82) is 0 Å². The first kappa shape index (κ1) is 13.6. The van der Waals surface area contributed by atoms with Gasteiger partial charge in [0.1, 0.15) is 0 Å². The van der Waals surface area contributed by atoms with Crippen molar-refractivity contribution in [2.24, 2.45) is 0 Å². The molecule has 0 aromatic heterocycles. The molecule has 0 aliphatic rings. The van der Waals surface area contributed by atoms with Crippen LogP contribution in [0.15, 0.2) is 11.6 Å². The average molecular weight is 236 g/mol. The molecule has 2 N–H and O–H groups in total. The highest BCUT2D eigenvalue weighted by atomic mass is 32.2. The molecular formula is C8H15NO3PS+. The van der Waals surface area contributed by atoms with Gasteiger partial charge in [0, 0.05) is 6.54 Å². The Morgan fingerprint density at radius 1 is 1.71 bits per heavy atom. The highest BCUT2D eigenvalue weighted by molar-refractivity contribution is 8.17. The first-order chi connectivity index (χ1) is 6.47. The van der Waals surface area contributed by atoms with Crippen LogP contribution in [0.25, 0.3) is 0 Å². The molecule has 0 aromatic rings. The van der Waals surface area contributed by atoms with E-state index >= 15 is 0 Å². The van der Waals surface area contributed by atoms with Crippen LogP contribution in [0.5, 0.6) is 0 Å². The summed E-state index contributed by atoms with van der Waals surface area (Å²) in [5.74, 6) is 0. The molecule has 2 atom stereocenters. The largest absolute Gasteiger partial charge is 0.519 e. The predicted octanol–water partition coefficient (Wildman–Crippen LogP) is 2.48. The molecule has 0 saturated carbocycles. The Balaban J connectivity index is 3.82. The second-order valence-electron chi connectivity index (χ2n) is 2.80. The Morgan fingerprint density at radius 2 is 2.29 bits per heavy atom. The van der Waals surface area contributed by atoms with Gasteiger partial charge in [0.2, 0.25) is 4.99 Å². The molecule has 0 bridgehead atoms. The summed E-state index contributed by atoms with van der Waals surface area (Å²) < 4.78 is 10.6. The summed E-state index contributed by atoms with van der Waals surface area (Å²) in [5, 5.41) is 2.37. The Bertz CT molecular complexity index is 255. The smallest absolute Gasteiger partial charge is 0.343 e. The van der Waals surface area contributed by atoms with Crippen molar-refractivity contribution in [3.8, 4) is 0 Å². The molecule has 6 heteroatoms. The molecule has 1 amide bonds. The molecule has 4 nitrogen and oxygen atoms in total. The van der Waals surface area contributed by atoms with Gasteiger partial charge < -0.3 is 5.32 Å². The van der Waals surface area contributed by atoms with E-state index in [0.29, 0.717) is 6.54 Å². The third-order valence-electron chi connectivity index (χ3n) is 1.59. The number of hydrogen-bond donors (Lipinski definition) is 2. The summed E-state index contributed by atoms with van der Waals surface area (Å²) in [7, 11) is -2.29. The number of hydrogen-bond acceptors (Lipinski definition) is 3. The van der Waals surface area contributed by atoms with Gasteiger partial charge in [-0.1, -0.05) is 11.6 Å². The molecule has 0 fully saturated rings. The van der Waals surface area contributed by atoms with E-state index in [1.807, 2.05) is 19.9 Å². The van der Waals surface area contributed by atoms with E-state index < -0.39 is 13.0 Å². The van der Waals surface area contributed by atoms with E-state index in [-0.39, 0.29) is 5.24 Å². The number of carbonyl (C=O) groups excluding carboxylic acids is 1. The topological polar surface area (TPSA) is 66.4 Å². The quantitative estimate of drug-likeness (QED) is 0.581. The van der Waals surface area contributed by atoms with E-state index in [2.05, 4.69) is 5.32 Å². The lowest BCUT2D eigenvalue weighted by atomic mass is 10.3. The number of thioether (sulfide) groups is 1. The highest BCUT2D eigenvalue weighted by Crippen LogP contribution is 2.31. The van der Waals surface area contributed by atoms with Gasteiger partial charge in [0.15, 0.2) is 0 Å². The van der Waals surface area contributed by atoms with Gasteiger partial charge >= 0.3 is 8.03 Å². The standard InChI is InChI=1S/C8H14NO3PS/c1-4-6(2)5-9-8(10)14-7(3)13(11)12/h4,7H,5H2,1-3H3,(H-,9,10,11,12)/p+1/b6-4+. The minimum absolute atomic E-state index is 0.268. The predicted molar refractivity (Wildman–Crippen MR) is 59.7 cm³/mol. The second kappa shape index (κ2) is 6.98. The monoisotopic (exact) mass is 236 g/mol. The molecule has 14 heavy (non-hydrogen) atoms. The van der Waals surface area contributed by atoms with Gasteiger partial charge in [0.25, 0.3) is 5.24 Å². The van der Waals surface area contributed by atoms with Crippen molar-refractivity contribution in [3.05, 3.63) is 11.6 Å².